The Morgan fingerprint density at radius 1 is 0.450 bits per heavy atom. The van der Waals surface area contributed by atoms with Gasteiger partial charge in [-0.15, -0.1) is 0 Å². The molecule has 6 aromatic carbocycles. The number of anilines is 3. The molecule has 8 rings (SSSR count). The van der Waals surface area contributed by atoms with Crippen LogP contribution in [-0.4, -0.2) is 6.71 Å². The molecule has 2 heterocycles. The summed E-state index contributed by atoms with van der Waals surface area (Å²) in [5.74, 6) is 3.47. The molecule has 0 bridgehead atoms. The molecule has 4 heteroatoms. The average Bonchev–Trinajstić information content (AvgIpc) is 3.02. The van der Waals surface area contributed by atoms with Gasteiger partial charge in [0.1, 0.15) is 23.0 Å². The standard InChI is InChI=1S/C36H24BNO2/c1-4-12-25(13-5-1)29-18-10-19-31-36(29)40-33-21-11-20-32-35(33)37(31)30-23-22-28(24-34(30)39-32)38(26-14-6-2-7-15-26)27-16-8-3-9-17-27/h1-24H. The fourth-order valence-electron chi connectivity index (χ4n) is 6.02. The van der Waals surface area contributed by atoms with Crippen molar-refractivity contribution >= 4 is 40.2 Å². The lowest BCUT2D eigenvalue weighted by Gasteiger charge is -2.34. The lowest BCUT2D eigenvalue weighted by molar-refractivity contribution is 0.465. The van der Waals surface area contributed by atoms with Gasteiger partial charge in [0.05, 0.1) is 0 Å². The van der Waals surface area contributed by atoms with Crippen LogP contribution in [-0.2, 0) is 0 Å². The van der Waals surface area contributed by atoms with Crippen LogP contribution in [0, 0.1) is 0 Å². The summed E-state index contributed by atoms with van der Waals surface area (Å²) >= 11 is 0. The van der Waals surface area contributed by atoms with Crippen LogP contribution in [0.15, 0.2) is 146 Å². The topological polar surface area (TPSA) is 21.7 Å². The van der Waals surface area contributed by atoms with E-state index in [0.29, 0.717) is 0 Å². The van der Waals surface area contributed by atoms with E-state index in [2.05, 4.69) is 114 Å². The number of benzene rings is 6. The Bertz CT molecular complexity index is 1820. The first-order valence-corrected chi connectivity index (χ1v) is 13.6. The minimum Gasteiger partial charge on any atom is -0.458 e. The minimum absolute atomic E-state index is 0.0123. The van der Waals surface area contributed by atoms with Crippen molar-refractivity contribution in [2.24, 2.45) is 0 Å². The normalized spacial score (nSPS) is 12.3. The highest BCUT2D eigenvalue weighted by Gasteiger charge is 2.41. The molecule has 0 spiro atoms. The van der Waals surface area contributed by atoms with Crippen LogP contribution in [0.4, 0.5) is 17.1 Å². The molecule has 6 aromatic rings. The van der Waals surface area contributed by atoms with E-state index in [4.69, 9.17) is 9.47 Å². The molecule has 0 fully saturated rings. The first-order valence-electron chi connectivity index (χ1n) is 13.6. The van der Waals surface area contributed by atoms with Crippen molar-refractivity contribution in [3.63, 3.8) is 0 Å². The Kier molecular flexibility index (Phi) is 5.24. The van der Waals surface area contributed by atoms with Gasteiger partial charge in [-0.1, -0.05) is 97.1 Å². The molecule has 3 nitrogen and oxygen atoms in total. The summed E-state index contributed by atoms with van der Waals surface area (Å²) in [5.41, 5.74) is 8.85. The van der Waals surface area contributed by atoms with Gasteiger partial charge >= 0.3 is 0 Å². The Morgan fingerprint density at radius 2 is 1.07 bits per heavy atom. The molecular formula is C36H24BNO2. The van der Waals surface area contributed by atoms with E-state index in [1.54, 1.807) is 0 Å². The van der Waals surface area contributed by atoms with Gasteiger partial charge in [0, 0.05) is 34.2 Å². The summed E-state index contributed by atoms with van der Waals surface area (Å²) in [6, 6.07) is 50.5. The summed E-state index contributed by atoms with van der Waals surface area (Å²) < 4.78 is 13.2. The third-order valence-electron chi connectivity index (χ3n) is 7.78. The van der Waals surface area contributed by atoms with E-state index in [1.165, 1.54) is 0 Å². The molecule has 0 amide bonds. The SMILES string of the molecule is c1ccc(-c2cccc3c2Oc2cccc4c2B3c2ccc(N(c3ccccc3)c3ccccc3)cc2O4)cc1. The first kappa shape index (κ1) is 22.7. The molecule has 0 saturated heterocycles. The Hall–Kier alpha value is -5.22. The molecule has 0 aromatic heterocycles. The van der Waals surface area contributed by atoms with Gasteiger partial charge < -0.3 is 14.4 Å². The predicted molar refractivity (Wildman–Crippen MR) is 164 cm³/mol. The molecule has 40 heavy (non-hydrogen) atoms. The predicted octanol–water partition coefficient (Wildman–Crippen LogP) is 7.55. The van der Waals surface area contributed by atoms with Crippen molar-refractivity contribution in [1.29, 1.82) is 0 Å². The summed E-state index contributed by atoms with van der Waals surface area (Å²) in [6.07, 6.45) is 0. The summed E-state index contributed by atoms with van der Waals surface area (Å²) in [6.45, 7) is 0.0123. The van der Waals surface area contributed by atoms with Gasteiger partial charge in [-0.25, -0.2) is 0 Å². The van der Waals surface area contributed by atoms with Crippen molar-refractivity contribution in [2.75, 3.05) is 4.90 Å². The highest BCUT2D eigenvalue weighted by molar-refractivity contribution is 6.98. The maximum atomic E-state index is 6.61. The number of para-hydroxylation sites is 3. The van der Waals surface area contributed by atoms with Crippen LogP contribution in [0.3, 0.4) is 0 Å². The van der Waals surface area contributed by atoms with Crippen LogP contribution in [0.5, 0.6) is 23.0 Å². The molecule has 0 radical (unpaired) electrons. The molecule has 2 aliphatic heterocycles. The number of nitrogens with zero attached hydrogens (tertiary/aromatic N) is 1. The fraction of sp³-hybridized carbons (Fsp3) is 0. The van der Waals surface area contributed by atoms with E-state index >= 15 is 0 Å². The van der Waals surface area contributed by atoms with E-state index < -0.39 is 0 Å². The molecule has 0 unspecified atom stereocenters. The molecule has 0 N–H and O–H groups in total. The summed E-state index contributed by atoms with van der Waals surface area (Å²) in [4.78, 5) is 2.26. The van der Waals surface area contributed by atoms with Crippen LogP contribution < -0.4 is 30.8 Å². The van der Waals surface area contributed by atoms with Crippen molar-refractivity contribution in [2.45, 2.75) is 0 Å². The van der Waals surface area contributed by atoms with Crippen LogP contribution in [0.1, 0.15) is 0 Å². The Balaban J connectivity index is 1.31. The van der Waals surface area contributed by atoms with E-state index in [-0.39, 0.29) is 6.71 Å². The van der Waals surface area contributed by atoms with Gasteiger partial charge in [-0.05, 0) is 59.0 Å². The quantitative estimate of drug-likeness (QED) is 0.227. The van der Waals surface area contributed by atoms with Crippen LogP contribution >= 0.6 is 0 Å². The van der Waals surface area contributed by atoms with Crippen molar-refractivity contribution < 1.29 is 9.47 Å². The van der Waals surface area contributed by atoms with E-state index in [1.807, 2.05) is 36.4 Å². The average molecular weight is 513 g/mol. The molecule has 0 saturated carbocycles. The number of ether oxygens (including phenoxy) is 2. The van der Waals surface area contributed by atoms with Crippen LogP contribution in [0.25, 0.3) is 11.1 Å². The maximum absolute atomic E-state index is 6.61. The van der Waals surface area contributed by atoms with Crippen molar-refractivity contribution in [1.82, 2.24) is 0 Å². The van der Waals surface area contributed by atoms with Crippen molar-refractivity contribution in [3.05, 3.63) is 146 Å². The zero-order valence-electron chi connectivity index (χ0n) is 21.7. The third-order valence-corrected chi connectivity index (χ3v) is 7.78. The van der Waals surface area contributed by atoms with Gasteiger partial charge in [0.2, 0.25) is 0 Å². The number of fused-ring (bicyclic) bond motifs is 4. The summed E-state index contributed by atoms with van der Waals surface area (Å²) in [7, 11) is 0. The highest BCUT2D eigenvalue weighted by Crippen LogP contribution is 2.41. The number of hydrogen-bond acceptors (Lipinski definition) is 3. The van der Waals surface area contributed by atoms with Gasteiger partial charge in [0.15, 0.2) is 0 Å². The van der Waals surface area contributed by atoms with Gasteiger partial charge in [0.25, 0.3) is 6.71 Å². The lowest BCUT2D eigenvalue weighted by Crippen LogP contribution is -2.57. The second-order valence-corrected chi connectivity index (χ2v) is 10.1. The number of hydrogen-bond donors (Lipinski definition) is 0. The molecule has 188 valence electrons. The molecule has 0 aliphatic carbocycles. The molecule has 0 atom stereocenters. The first-order chi connectivity index (χ1) is 19.8. The second-order valence-electron chi connectivity index (χ2n) is 10.1. The Morgan fingerprint density at radius 3 is 1.77 bits per heavy atom. The zero-order valence-corrected chi connectivity index (χ0v) is 21.7. The number of rotatable bonds is 4. The van der Waals surface area contributed by atoms with E-state index in [0.717, 1.165) is 67.6 Å². The van der Waals surface area contributed by atoms with Crippen molar-refractivity contribution in [3.8, 4) is 34.1 Å². The smallest absolute Gasteiger partial charge is 0.260 e. The second kappa shape index (κ2) is 9.21. The minimum atomic E-state index is 0.0123. The third kappa shape index (κ3) is 3.61. The lowest BCUT2D eigenvalue weighted by atomic mass is 9.34. The van der Waals surface area contributed by atoms with E-state index in [9.17, 15) is 0 Å². The zero-order chi connectivity index (χ0) is 26.5. The van der Waals surface area contributed by atoms with Crippen LogP contribution in [0.2, 0.25) is 0 Å². The fourth-order valence-corrected chi connectivity index (χ4v) is 6.02. The molecular weight excluding hydrogens is 489 g/mol. The van der Waals surface area contributed by atoms with Gasteiger partial charge in [-0.3, -0.25) is 0 Å². The Labute approximate surface area is 234 Å². The highest BCUT2D eigenvalue weighted by atomic mass is 16.5. The monoisotopic (exact) mass is 513 g/mol. The maximum Gasteiger partial charge on any atom is 0.260 e. The summed E-state index contributed by atoms with van der Waals surface area (Å²) in [5, 5.41) is 0. The molecule has 2 aliphatic rings. The largest absolute Gasteiger partial charge is 0.458 e. The van der Waals surface area contributed by atoms with Gasteiger partial charge in [-0.2, -0.15) is 0 Å².